The zero-order chi connectivity index (χ0) is 37.9. The monoisotopic (exact) mass is 927 g/mol. The summed E-state index contributed by atoms with van der Waals surface area (Å²) in [6.07, 6.45) is 1.98. The van der Waals surface area contributed by atoms with Crippen LogP contribution in [0.5, 0.6) is 0 Å². The van der Waals surface area contributed by atoms with E-state index in [2.05, 4.69) is 120 Å². The van der Waals surface area contributed by atoms with Gasteiger partial charge in [-0.15, -0.1) is 65.4 Å². The van der Waals surface area contributed by atoms with Crippen molar-refractivity contribution in [2.24, 2.45) is 0 Å². The molecule has 6 aromatic carbocycles. The summed E-state index contributed by atoms with van der Waals surface area (Å²) in [6, 6.07) is 52.4. The first-order valence-electron chi connectivity index (χ1n) is 18.7. The van der Waals surface area contributed by atoms with Gasteiger partial charge in [0, 0.05) is 58.9 Å². The topological polar surface area (TPSA) is 43.9 Å². The van der Waals surface area contributed by atoms with Crippen LogP contribution in [0.4, 0.5) is 0 Å². The fourth-order valence-corrected chi connectivity index (χ4v) is 10.00. The van der Waals surface area contributed by atoms with Crippen LogP contribution in [0.1, 0.15) is 26.7 Å². The summed E-state index contributed by atoms with van der Waals surface area (Å²) >= 11 is 1.83. The van der Waals surface area contributed by atoms with Gasteiger partial charge in [0.25, 0.3) is 0 Å². The van der Waals surface area contributed by atoms with Crippen molar-refractivity contribution in [1.29, 1.82) is 0 Å². The van der Waals surface area contributed by atoms with Crippen LogP contribution in [0.2, 0.25) is 19.6 Å². The Bertz CT molecular complexity index is 3030. The minimum absolute atomic E-state index is 0. The van der Waals surface area contributed by atoms with Gasteiger partial charge in [-0.05, 0) is 59.2 Å². The molecule has 4 aromatic heterocycles. The number of nitrogens with zero attached hydrogens (tertiary/aromatic N) is 3. The Morgan fingerprint density at radius 1 is 0.745 bits per heavy atom. The minimum Gasteiger partial charge on any atom is -0.501 e. The minimum atomic E-state index is -1.50. The third kappa shape index (κ3) is 6.76. The average Bonchev–Trinajstić information content (AvgIpc) is 3.89. The second-order valence-electron chi connectivity index (χ2n) is 14.9. The maximum absolute atomic E-state index is 8.44. The molecule has 10 aromatic rings. The van der Waals surface area contributed by atoms with Gasteiger partial charge in [-0.3, -0.25) is 4.98 Å². The molecule has 0 bridgehead atoms. The Balaban J connectivity index is 0.000000181. The van der Waals surface area contributed by atoms with Gasteiger partial charge >= 0.3 is 0 Å². The Morgan fingerprint density at radius 3 is 2.29 bits per heavy atom. The molecule has 0 aliphatic rings. The van der Waals surface area contributed by atoms with Crippen molar-refractivity contribution in [1.82, 2.24) is 14.5 Å². The molecule has 1 radical (unpaired) electrons. The van der Waals surface area contributed by atoms with Gasteiger partial charge in [-0.2, -0.15) is 0 Å². The van der Waals surface area contributed by atoms with E-state index >= 15 is 0 Å². The molecule has 7 heteroatoms. The number of rotatable bonds is 5. The van der Waals surface area contributed by atoms with Gasteiger partial charge in [0.15, 0.2) is 0 Å². The molecule has 4 heterocycles. The maximum atomic E-state index is 8.44. The fourth-order valence-electron chi connectivity index (χ4n) is 7.33. The van der Waals surface area contributed by atoms with E-state index in [1.165, 1.54) is 25.4 Å². The van der Waals surface area contributed by atoms with Gasteiger partial charge in [0.05, 0.1) is 30.5 Å². The van der Waals surface area contributed by atoms with Crippen molar-refractivity contribution in [2.45, 2.75) is 39.4 Å². The summed E-state index contributed by atoms with van der Waals surface area (Å²) in [4.78, 5) is 9.69. The molecule has 0 atom stereocenters. The number of benzene rings is 6. The predicted octanol–water partition coefficient (Wildman–Crippen LogP) is 13.0. The van der Waals surface area contributed by atoms with Crippen molar-refractivity contribution >= 4 is 77.7 Å². The smallest absolute Gasteiger partial charge is 0.120 e. The van der Waals surface area contributed by atoms with Gasteiger partial charge in [-0.1, -0.05) is 105 Å². The van der Waals surface area contributed by atoms with E-state index in [0.29, 0.717) is 0 Å². The number of imidazole rings is 1. The third-order valence-corrected chi connectivity index (χ3v) is 13.1. The van der Waals surface area contributed by atoms with E-state index in [1.807, 2.05) is 86.0 Å². The Labute approximate surface area is 341 Å². The van der Waals surface area contributed by atoms with Gasteiger partial charge in [0.2, 0.25) is 0 Å². The molecule has 4 nitrogen and oxygen atoms in total. The summed E-state index contributed by atoms with van der Waals surface area (Å²) in [5.74, 6) is 0.219. The molecule has 0 unspecified atom stereocenters. The van der Waals surface area contributed by atoms with Crippen LogP contribution in [0, 0.1) is 12.1 Å². The van der Waals surface area contributed by atoms with Crippen LogP contribution in [0.25, 0.3) is 81.5 Å². The summed E-state index contributed by atoms with van der Waals surface area (Å²) in [6.45, 7) is 10.8. The van der Waals surface area contributed by atoms with E-state index in [0.717, 1.165) is 66.9 Å². The fraction of sp³-hybridized carbons (Fsp3) is 0.125. The second-order valence-corrected chi connectivity index (χ2v) is 21.0. The van der Waals surface area contributed by atoms with Crippen molar-refractivity contribution in [3.63, 3.8) is 0 Å². The maximum Gasteiger partial charge on any atom is 0.120 e. The van der Waals surface area contributed by atoms with Crippen LogP contribution in [0.15, 0.2) is 144 Å². The van der Waals surface area contributed by atoms with E-state index in [9.17, 15) is 0 Å². The first-order valence-corrected chi connectivity index (χ1v) is 22.6. The SMILES string of the molecule is [2H]C(C)(C)c1cc(-c2[c-]cccc2)ncc1[Si](C)(C)C.[Ir].[c-]1ccc2c(oc3ccccc32)c1-c1nc2ccccc2n1-c1ccc2sc3ccccc3c2c1. The van der Waals surface area contributed by atoms with Crippen molar-refractivity contribution < 1.29 is 25.9 Å². The first kappa shape index (κ1) is 35.5. The van der Waals surface area contributed by atoms with Crippen molar-refractivity contribution in [3.8, 4) is 28.3 Å². The molecular formula is C48H39IrN3OSSi-2. The molecular weight excluding hydrogens is 887 g/mol. The Kier molecular flexibility index (Phi) is 9.57. The number of furan rings is 1. The summed E-state index contributed by atoms with van der Waals surface area (Å²) in [7, 11) is -1.50. The number of fused-ring (bicyclic) bond motifs is 7. The number of para-hydroxylation sites is 3. The number of aromatic nitrogens is 3. The average molecular weight is 927 g/mol. The zero-order valence-electron chi connectivity index (χ0n) is 32.3. The summed E-state index contributed by atoms with van der Waals surface area (Å²) < 4.78 is 19.6. The van der Waals surface area contributed by atoms with Crippen LogP contribution in [-0.4, -0.2) is 22.6 Å². The van der Waals surface area contributed by atoms with Crippen LogP contribution < -0.4 is 5.19 Å². The quantitative estimate of drug-likeness (QED) is 0.128. The molecule has 0 N–H and O–H groups in total. The Hall–Kier alpha value is -5.17. The second kappa shape index (κ2) is 14.8. The standard InChI is InChI=1S/C31H17N2OS.C17H22NSi.Ir/c1-5-14-27-20(8-1)22-10-7-11-23(30(22)34-27)31-32-25-12-3-4-13-26(25)33(31)19-16-17-29-24(18-19)21-9-2-6-15-28(21)35-29;1-13(2)15-11-16(14-9-7-6-8-10-14)18-12-17(15)19(3,4)5;/h1-10,12-18H;6-9,11-13H,1-5H3;/q2*-1;/i;13D;. The Morgan fingerprint density at radius 2 is 1.49 bits per heavy atom. The van der Waals surface area contributed by atoms with E-state index in [4.69, 9.17) is 10.8 Å². The van der Waals surface area contributed by atoms with Crippen LogP contribution >= 0.6 is 11.3 Å². The van der Waals surface area contributed by atoms with Crippen LogP contribution in [-0.2, 0) is 20.1 Å². The van der Waals surface area contributed by atoms with E-state index < -0.39 is 14.0 Å². The number of thiophene rings is 1. The molecule has 0 spiro atoms. The molecule has 273 valence electrons. The molecule has 0 aliphatic carbocycles. The molecule has 0 aliphatic heterocycles. The molecule has 0 saturated carbocycles. The van der Waals surface area contributed by atoms with Crippen LogP contribution in [0.3, 0.4) is 0 Å². The van der Waals surface area contributed by atoms with E-state index in [1.54, 1.807) is 0 Å². The molecule has 0 fully saturated rings. The predicted molar refractivity (Wildman–Crippen MR) is 231 cm³/mol. The van der Waals surface area contributed by atoms with E-state index in [-0.39, 0.29) is 20.1 Å². The number of pyridine rings is 1. The normalized spacial score (nSPS) is 12.2. The molecule has 0 amide bonds. The largest absolute Gasteiger partial charge is 0.501 e. The summed E-state index contributed by atoms with van der Waals surface area (Å²) in [5, 5.41) is 6.00. The molecule has 0 saturated heterocycles. The number of hydrogen-bond donors (Lipinski definition) is 0. The zero-order valence-corrected chi connectivity index (χ0v) is 35.5. The van der Waals surface area contributed by atoms with Crippen molar-refractivity contribution in [2.75, 3.05) is 0 Å². The first-order chi connectivity index (χ1) is 26.5. The van der Waals surface area contributed by atoms with Gasteiger partial charge in [0.1, 0.15) is 5.58 Å². The van der Waals surface area contributed by atoms with Crippen molar-refractivity contribution in [3.05, 3.63) is 157 Å². The summed E-state index contributed by atoms with van der Waals surface area (Å²) in [5.41, 5.74) is 8.62. The third-order valence-electron chi connectivity index (χ3n) is 9.98. The molecule has 55 heavy (non-hydrogen) atoms. The van der Waals surface area contributed by atoms with Gasteiger partial charge < -0.3 is 14.0 Å². The van der Waals surface area contributed by atoms with Gasteiger partial charge in [-0.25, -0.2) is 0 Å². The molecule has 10 rings (SSSR count). The number of hydrogen-bond acceptors (Lipinski definition) is 4.